The number of hydrogen-bond acceptors (Lipinski definition) is 5. The lowest BCUT2D eigenvalue weighted by Crippen LogP contribution is -2.41. The first kappa shape index (κ1) is 18.3. The molecule has 2 aromatic carbocycles. The molecule has 1 aliphatic rings. The van der Waals surface area contributed by atoms with E-state index < -0.39 is 9.84 Å². The molecule has 138 valence electrons. The standard InChI is InChI=1S/C19H22N2O4S/c1-14(22)21-11-9-15(10-12-21)20-18-8-7-17(13-19(18)23)26(24,25)16-5-3-2-4-6-16/h2-8,13,15,20,23H,9-12H2,1H3. The molecule has 1 aliphatic heterocycles. The summed E-state index contributed by atoms with van der Waals surface area (Å²) >= 11 is 0. The highest BCUT2D eigenvalue weighted by Crippen LogP contribution is 2.31. The van der Waals surface area contributed by atoms with E-state index in [1.165, 1.54) is 24.3 Å². The molecular formula is C19H22N2O4S. The molecule has 0 bridgehead atoms. The van der Waals surface area contributed by atoms with Crippen molar-refractivity contribution < 1.29 is 18.3 Å². The highest BCUT2D eigenvalue weighted by Gasteiger charge is 2.22. The number of nitrogens with one attached hydrogen (secondary N) is 1. The normalized spacial score (nSPS) is 15.7. The van der Waals surface area contributed by atoms with Crippen LogP contribution in [0.4, 0.5) is 5.69 Å². The monoisotopic (exact) mass is 374 g/mol. The molecule has 1 amide bonds. The summed E-state index contributed by atoms with van der Waals surface area (Å²) in [6.07, 6.45) is 1.56. The van der Waals surface area contributed by atoms with E-state index in [0.29, 0.717) is 18.8 Å². The summed E-state index contributed by atoms with van der Waals surface area (Å²) in [5, 5.41) is 13.5. The number of rotatable bonds is 4. The highest BCUT2D eigenvalue weighted by atomic mass is 32.2. The predicted octanol–water partition coefficient (Wildman–Crippen LogP) is 2.65. The maximum atomic E-state index is 12.6. The molecular weight excluding hydrogens is 352 g/mol. The number of phenolic OH excluding ortho intramolecular Hbond substituents is 1. The molecule has 6 nitrogen and oxygen atoms in total. The smallest absolute Gasteiger partial charge is 0.219 e. The molecule has 2 N–H and O–H groups in total. The van der Waals surface area contributed by atoms with Gasteiger partial charge in [0.05, 0.1) is 15.5 Å². The molecule has 0 aliphatic carbocycles. The van der Waals surface area contributed by atoms with E-state index in [0.717, 1.165) is 12.8 Å². The van der Waals surface area contributed by atoms with Crippen LogP contribution in [0.1, 0.15) is 19.8 Å². The number of hydrogen-bond donors (Lipinski definition) is 2. The van der Waals surface area contributed by atoms with Crippen molar-refractivity contribution in [3.63, 3.8) is 0 Å². The van der Waals surface area contributed by atoms with Crippen LogP contribution in [0.15, 0.2) is 58.3 Å². The van der Waals surface area contributed by atoms with Gasteiger partial charge in [0.1, 0.15) is 5.75 Å². The Hall–Kier alpha value is -2.54. The van der Waals surface area contributed by atoms with Gasteiger partial charge in [-0.05, 0) is 37.1 Å². The second-order valence-corrected chi connectivity index (χ2v) is 8.37. The van der Waals surface area contributed by atoms with E-state index in [1.807, 2.05) is 0 Å². The van der Waals surface area contributed by atoms with Crippen LogP contribution in [-0.4, -0.2) is 43.5 Å². The fraction of sp³-hybridized carbons (Fsp3) is 0.316. The number of carbonyl (C=O) groups is 1. The predicted molar refractivity (Wildman–Crippen MR) is 98.9 cm³/mol. The van der Waals surface area contributed by atoms with Gasteiger partial charge < -0.3 is 15.3 Å². The van der Waals surface area contributed by atoms with Crippen LogP contribution in [-0.2, 0) is 14.6 Å². The van der Waals surface area contributed by atoms with E-state index in [9.17, 15) is 18.3 Å². The van der Waals surface area contributed by atoms with E-state index in [4.69, 9.17) is 0 Å². The molecule has 0 spiro atoms. The third-order valence-electron chi connectivity index (χ3n) is 4.63. The Morgan fingerprint density at radius 1 is 1.08 bits per heavy atom. The van der Waals surface area contributed by atoms with Crippen molar-refractivity contribution in [1.29, 1.82) is 0 Å². The van der Waals surface area contributed by atoms with Crippen LogP contribution in [0, 0.1) is 0 Å². The first-order valence-electron chi connectivity index (χ1n) is 8.53. The Kier molecular flexibility index (Phi) is 5.18. The fourth-order valence-corrected chi connectivity index (χ4v) is 4.40. The number of likely N-dealkylation sites (tertiary alicyclic amines) is 1. The zero-order valence-electron chi connectivity index (χ0n) is 14.6. The van der Waals surface area contributed by atoms with Crippen molar-refractivity contribution in [3.8, 4) is 5.75 Å². The van der Waals surface area contributed by atoms with E-state index >= 15 is 0 Å². The number of sulfone groups is 1. The van der Waals surface area contributed by atoms with Gasteiger partial charge >= 0.3 is 0 Å². The summed E-state index contributed by atoms with van der Waals surface area (Å²) in [4.78, 5) is 13.4. The molecule has 26 heavy (non-hydrogen) atoms. The largest absolute Gasteiger partial charge is 0.506 e. The third-order valence-corrected chi connectivity index (χ3v) is 6.40. The van der Waals surface area contributed by atoms with Crippen molar-refractivity contribution in [1.82, 2.24) is 4.90 Å². The van der Waals surface area contributed by atoms with Crippen molar-refractivity contribution in [2.45, 2.75) is 35.6 Å². The van der Waals surface area contributed by atoms with Gasteiger partial charge in [0.15, 0.2) is 0 Å². The zero-order valence-corrected chi connectivity index (χ0v) is 15.4. The van der Waals surface area contributed by atoms with Gasteiger partial charge in [0, 0.05) is 32.1 Å². The van der Waals surface area contributed by atoms with Gasteiger partial charge in [-0.2, -0.15) is 0 Å². The molecule has 3 rings (SSSR count). The van der Waals surface area contributed by atoms with Crippen LogP contribution in [0.5, 0.6) is 5.75 Å². The maximum Gasteiger partial charge on any atom is 0.219 e. The molecule has 7 heteroatoms. The molecule has 2 aromatic rings. The van der Waals surface area contributed by atoms with Crippen LogP contribution in [0.3, 0.4) is 0 Å². The number of carbonyl (C=O) groups excluding carboxylic acids is 1. The van der Waals surface area contributed by atoms with Gasteiger partial charge in [-0.1, -0.05) is 18.2 Å². The number of phenols is 1. The fourth-order valence-electron chi connectivity index (χ4n) is 3.10. The topological polar surface area (TPSA) is 86.7 Å². The first-order valence-corrected chi connectivity index (χ1v) is 10.0. The minimum absolute atomic E-state index is 0.0538. The Bertz CT molecular complexity index is 889. The van der Waals surface area contributed by atoms with Gasteiger partial charge in [-0.15, -0.1) is 0 Å². The van der Waals surface area contributed by atoms with Crippen LogP contribution in [0.25, 0.3) is 0 Å². The van der Waals surface area contributed by atoms with Crippen molar-refractivity contribution >= 4 is 21.4 Å². The number of aromatic hydroxyl groups is 1. The zero-order chi connectivity index (χ0) is 18.7. The average molecular weight is 374 g/mol. The summed E-state index contributed by atoms with van der Waals surface area (Å²) in [6, 6.07) is 12.6. The number of piperidine rings is 1. The molecule has 1 heterocycles. The Labute approximate surface area is 153 Å². The lowest BCUT2D eigenvalue weighted by atomic mass is 10.0. The maximum absolute atomic E-state index is 12.6. The summed E-state index contributed by atoms with van der Waals surface area (Å²) in [5.74, 6) is -0.0298. The van der Waals surface area contributed by atoms with Gasteiger partial charge in [-0.25, -0.2) is 8.42 Å². The summed E-state index contributed by atoms with van der Waals surface area (Å²) in [7, 11) is -3.66. The van der Waals surface area contributed by atoms with Crippen LogP contribution >= 0.6 is 0 Å². The Morgan fingerprint density at radius 2 is 1.73 bits per heavy atom. The van der Waals surface area contributed by atoms with Crippen molar-refractivity contribution in [3.05, 3.63) is 48.5 Å². The lowest BCUT2D eigenvalue weighted by Gasteiger charge is -2.32. The Morgan fingerprint density at radius 3 is 2.31 bits per heavy atom. The molecule has 0 saturated carbocycles. The van der Waals surface area contributed by atoms with Crippen molar-refractivity contribution in [2.75, 3.05) is 18.4 Å². The Balaban J connectivity index is 1.74. The molecule has 1 saturated heterocycles. The lowest BCUT2D eigenvalue weighted by molar-refractivity contribution is -0.129. The second kappa shape index (κ2) is 7.37. The number of anilines is 1. The van der Waals surface area contributed by atoms with E-state index in [-0.39, 0.29) is 27.5 Å². The van der Waals surface area contributed by atoms with E-state index in [2.05, 4.69) is 5.32 Å². The number of amides is 1. The van der Waals surface area contributed by atoms with Crippen molar-refractivity contribution in [2.24, 2.45) is 0 Å². The first-order chi connectivity index (χ1) is 12.4. The quantitative estimate of drug-likeness (QED) is 0.804. The molecule has 0 atom stereocenters. The van der Waals surface area contributed by atoms with E-state index in [1.54, 1.807) is 36.1 Å². The molecule has 1 fully saturated rings. The second-order valence-electron chi connectivity index (χ2n) is 6.42. The third kappa shape index (κ3) is 3.83. The van der Waals surface area contributed by atoms with Gasteiger partial charge in [0.2, 0.25) is 15.7 Å². The highest BCUT2D eigenvalue weighted by molar-refractivity contribution is 7.91. The minimum Gasteiger partial charge on any atom is -0.506 e. The summed E-state index contributed by atoms with van der Waals surface area (Å²) < 4.78 is 25.2. The van der Waals surface area contributed by atoms with Crippen LogP contribution < -0.4 is 5.32 Å². The summed E-state index contributed by atoms with van der Waals surface area (Å²) in [6.45, 7) is 2.91. The molecule has 0 radical (unpaired) electrons. The minimum atomic E-state index is -3.66. The van der Waals surface area contributed by atoms with Crippen LogP contribution in [0.2, 0.25) is 0 Å². The SMILES string of the molecule is CC(=O)N1CCC(Nc2ccc(S(=O)(=O)c3ccccc3)cc2O)CC1. The van der Waals surface area contributed by atoms with Gasteiger partial charge in [-0.3, -0.25) is 4.79 Å². The average Bonchev–Trinajstić information content (AvgIpc) is 2.64. The summed E-state index contributed by atoms with van der Waals surface area (Å²) in [5.41, 5.74) is 0.498. The molecule has 0 aromatic heterocycles. The van der Waals surface area contributed by atoms with Gasteiger partial charge in [0.25, 0.3) is 0 Å². The number of benzene rings is 2. The molecule has 0 unspecified atom stereocenters. The number of nitrogens with zero attached hydrogens (tertiary/aromatic N) is 1.